The second-order valence-electron chi connectivity index (χ2n) is 2.78. The molecule has 0 aromatic heterocycles. The van der Waals surface area contributed by atoms with Crippen LogP contribution < -0.4 is 4.74 Å². The summed E-state index contributed by atoms with van der Waals surface area (Å²) in [4.78, 5) is 9.91. The van der Waals surface area contributed by atoms with E-state index >= 15 is 0 Å². The predicted molar refractivity (Wildman–Crippen MR) is 48.4 cm³/mol. The Bertz CT molecular complexity index is 323. The predicted octanol–water partition coefficient (Wildman–Crippen LogP) is 1.78. The Morgan fingerprint density at radius 2 is 2.23 bits per heavy atom. The number of nitro groups is 1. The molecule has 0 saturated carbocycles. The maximum atomic E-state index is 10.2. The minimum absolute atomic E-state index is 0.129. The van der Waals surface area contributed by atoms with Crippen LogP contribution in [-0.4, -0.2) is 12.0 Å². The van der Waals surface area contributed by atoms with E-state index in [0.717, 1.165) is 16.9 Å². The lowest BCUT2D eigenvalue weighted by molar-refractivity contribution is -0.496. The summed E-state index contributed by atoms with van der Waals surface area (Å²) in [6.07, 6.45) is 0. The number of hydrogen-bond acceptors (Lipinski definition) is 3. The average molecular weight is 181 g/mol. The highest BCUT2D eigenvalue weighted by Gasteiger charge is 2.05. The highest BCUT2D eigenvalue weighted by Crippen LogP contribution is 2.17. The van der Waals surface area contributed by atoms with Gasteiger partial charge in [-0.05, 0) is 30.7 Å². The Balaban J connectivity index is 2.91. The number of nitrogens with zero attached hydrogens (tertiary/aromatic N) is 1. The monoisotopic (exact) mass is 181 g/mol. The van der Waals surface area contributed by atoms with Gasteiger partial charge in [-0.2, -0.15) is 0 Å². The summed E-state index contributed by atoms with van der Waals surface area (Å²) in [5.74, 6) is 0.726. The number of rotatable bonds is 3. The number of hydrogen-bond donors (Lipinski definition) is 0. The minimum Gasteiger partial charge on any atom is -0.497 e. The number of aryl methyl sites for hydroxylation is 1. The molecule has 4 nitrogen and oxygen atoms in total. The molecule has 0 amide bonds. The molecule has 0 aliphatic heterocycles. The third kappa shape index (κ3) is 2.43. The van der Waals surface area contributed by atoms with Crippen molar-refractivity contribution in [2.75, 3.05) is 7.11 Å². The zero-order chi connectivity index (χ0) is 9.84. The molecule has 70 valence electrons. The van der Waals surface area contributed by atoms with Crippen LogP contribution in [0.2, 0.25) is 0 Å². The maximum Gasteiger partial charge on any atom is 0.229 e. The van der Waals surface area contributed by atoms with Crippen LogP contribution in [0.5, 0.6) is 5.75 Å². The molecule has 0 heterocycles. The molecule has 0 aliphatic rings. The van der Waals surface area contributed by atoms with E-state index in [4.69, 9.17) is 4.74 Å². The molecule has 1 aromatic carbocycles. The maximum absolute atomic E-state index is 10.2. The van der Waals surface area contributed by atoms with Crippen LogP contribution in [0, 0.1) is 17.0 Å². The second-order valence-corrected chi connectivity index (χ2v) is 2.78. The van der Waals surface area contributed by atoms with Crippen molar-refractivity contribution in [1.82, 2.24) is 0 Å². The van der Waals surface area contributed by atoms with Crippen LogP contribution in [0.1, 0.15) is 11.1 Å². The van der Waals surface area contributed by atoms with Gasteiger partial charge in [0.25, 0.3) is 0 Å². The van der Waals surface area contributed by atoms with Gasteiger partial charge in [-0.15, -0.1) is 0 Å². The molecule has 1 aromatic rings. The molecule has 0 aliphatic carbocycles. The summed E-state index contributed by atoms with van der Waals surface area (Å²) in [6.45, 7) is 1.71. The van der Waals surface area contributed by atoms with E-state index in [1.54, 1.807) is 25.3 Å². The molecule has 0 spiro atoms. The third-order valence-corrected chi connectivity index (χ3v) is 1.85. The Kier molecular flexibility index (Phi) is 2.84. The summed E-state index contributed by atoms with van der Waals surface area (Å²) in [6, 6.07) is 5.24. The Hall–Kier alpha value is -1.58. The zero-order valence-electron chi connectivity index (χ0n) is 7.61. The van der Waals surface area contributed by atoms with Crippen LogP contribution in [-0.2, 0) is 6.54 Å². The molecule has 0 saturated heterocycles. The normalized spacial score (nSPS) is 9.69. The van der Waals surface area contributed by atoms with Gasteiger partial charge >= 0.3 is 0 Å². The summed E-state index contributed by atoms with van der Waals surface area (Å²) in [5, 5.41) is 10.2. The smallest absolute Gasteiger partial charge is 0.229 e. The van der Waals surface area contributed by atoms with Crippen molar-refractivity contribution in [2.45, 2.75) is 13.5 Å². The third-order valence-electron chi connectivity index (χ3n) is 1.85. The van der Waals surface area contributed by atoms with Crippen LogP contribution in [0.25, 0.3) is 0 Å². The van der Waals surface area contributed by atoms with Crippen molar-refractivity contribution in [3.8, 4) is 5.75 Å². The number of benzene rings is 1. The zero-order valence-corrected chi connectivity index (χ0v) is 7.61. The largest absolute Gasteiger partial charge is 0.497 e. The highest BCUT2D eigenvalue weighted by molar-refractivity contribution is 5.34. The van der Waals surface area contributed by atoms with Gasteiger partial charge in [0.2, 0.25) is 6.54 Å². The van der Waals surface area contributed by atoms with Gasteiger partial charge in [-0.3, -0.25) is 10.1 Å². The first-order valence-corrected chi connectivity index (χ1v) is 3.89. The van der Waals surface area contributed by atoms with Crippen LogP contribution in [0.4, 0.5) is 0 Å². The van der Waals surface area contributed by atoms with Crippen molar-refractivity contribution < 1.29 is 9.66 Å². The SMILES string of the molecule is COc1ccc(C[N+](=O)[O-])c(C)c1. The van der Waals surface area contributed by atoms with E-state index in [9.17, 15) is 10.1 Å². The fourth-order valence-corrected chi connectivity index (χ4v) is 1.11. The quantitative estimate of drug-likeness (QED) is 0.527. The van der Waals surface area contributed by atoms with Crippen LogP contribution >= 0.6 is 0 Å². The second kappa shape index (κ2) is 3.89. The van der Waals surface area contributed by atoms with Crippen molar-refractivity contribution in [1.29, 1.82) is 0 Å². The van der Waals surface area contributed by atoms with E-state index in [1.165, 1.54) is 0 Å². The van der Waals surface area contributed by atoms with Gasteiger partial charge in [0.1, 0.15) is 5.75 Å². The van der Waals surface area contributed by atoms with Crippen molar-refractivity contribution in [2.24, 2.45) is 0 Å². The molecule has 0 bridgehead atoms. The van der Waals surface area contributed by atoms with E-state index in [0.29, 0.717) is 0 Å². The lowest BCUT2D eigenvalue weighted by Crippen LogP contribution is -2.00. The molecule has 0 unspecified atom stereocenters. The van der Waals surface area contributed by atoms with Gasteiger partial charge in [-0.25, -0.2) is 0 Å². The van der Waals surface area contributed by atoms with Crippen molar-refractivity contribution in [3.63, 3.8) is 0 Å². The number of ether oxygens (including phenoxy) is 1. The first-order valence-electron chi connectivity index (χ1n) is 3.89. The Morgan fingerprint density at radius 3 is 2.69 bits per heavy atom. The number of methoxy groups -OCH3 is 1. The van der Waals surface area contributed by atoms with Gasteiger partial charge in [0, 0.05) is 10.5 Å². The van der Waals surface area contributed by atoms with Crippen LogP contribution in [0.3, 0.4) is 0 Å². The van der Waals surface area contributed by atoms with Crippen molar-refractivity contribution in [3.05, 3.63) is 39.4 Å². The molecule has 13 heavy (non-hydrogen) atoms. The summed E-state index contributed by atoms with van der Waals surface area (Å²) >= 11 is 0. The lowest BCUT2D eigenvalue weighted by atomic mass is 10.1. The lowest BCUT2D eigenvalue weighted by Gasteiger charge is -2.03. The molecule has 0 fully saturated rings. The fourth-order valence-electron chi connectivity index (χ4n) is 1.11. The van der Waals surface area contributed by atoms with E-state index in [1.807, 2.05) is 6.92 Å². The molecular weight excluding hydrogens is 170 g/mol. The van der Waals surface area contributed by atoms with E-state index < -0.39 is 0 Å². The average Bonchev–Trinajstić information content (AvgIpc) is 2.08. The molecule has 4 heteroatoms. The summed E-state index contributed by atoms with van der Waals surface area (Å²) < 4.78 is 4.99. The molecule has 0 radical (unpaired) electrons. The first-order chi connectivity index (χ1) is 6.13. The standard InChI is InChI=1S/C9H11NO3/c1-7-5-9(13-2)4-3-8(7)6-10(11)12/h3-5H,6H2,1-2H3. The first kappa shape index (κ1) is 9.51. The Labute approximate surface area is 76.3 Å². The molecule has 0 atom stereocenters. The molecule has 1 rings (SSSR count). The van der Waals surface area contributed by atoms with E-state index in [2.05, 4.69) is 0 Å². The molecular formula is C9H11NO3. The summed E-state index contributed by atoms with van der Waals surface area (Å²) in [7, 11) is 1.57. The molecule has 0 N–H and O–H groups in total. The van der Waals surface area contributed by atoms with E-state index in [-0.39, 0.29) is 11.5 Å². The Morgan fingerprint density at radius 1 is 1.54 bits per heavy atom. The van der Waals surface area contributed by atoms with Crippen LogP contribution in [0.15, 0.2) is 18.2 Å². The van der Waals surface area contributed by atoms with Crippen molar-refractivity contribution >= 4 is 0 Å². The summed E-state index contributed by atoms with van der Waals surface area (Å²) in [5.41, 5.74) is 1.61. The van der Waals surface area contributed by atoms with Gasteiger partial charge in [0.15, 0.2) is 0 Å². The minimum atomic E-state index is -0.338. The van der Waals surface area contributed by atoms with Gasteiger partial charge < -0.3 is 4.74 Å². The van der Waals surface area contributed by atoms with Gasteiger partial charge in [0.05, 0.1) is 7.11 Å². The highest BCUT2D eigenvalue weighted by atomic mass is 16.6. The van der Waals surface area contributed by atoms with Gasteiger partial charge in [-0.1, -0.05) is 0 Å². The topological polar surface area (TPSA) is 52.4 Å². The fraction of sp³-hybridized carbons (Fsp3) is 0.333.